The Bertz CT molecular complexity index is 601. The van der Waals surface area contributed by atoms with E-state index in [9.17, 15) is 17.6 Å². The Morgan fingerprint density at radius 2 is 2.00 bits per heavy atom. The topological polar surface area (TPSA) is 72.5 Å². The first-order valence-corrected chi connectivity index (χ1v) is 8.08. The summed E-state index contributed by atoms with van der Waals surface area (Å²) in [5.41, 5.74) is -0.0702. The van der Waals surface area contributed by atoms with E-state index in [1.807, 2.05) is 0 Å². The maximum atomic E-state index is 13.7. The first-order chi connectivity index (χ1) is 9.41. The quantitative estimate of drug-likeness (QED) is 0.909. The summed E-state index contributed by atoms with van der Waals surface area (Å²) in [5.74, 6) is -0.742. The van der Waals surface area contributed by atoms with Crippen LogP contribution in [0.2, 0.25) is 0 Å². The van der Waals surface area contributed by atoms with Crippen molar-refractivity contribution < 1.29 is 22.3 Å². The van der Waals surface area contributed by atoms with Gasteiger partial charge in [-0.2, -0.15) is 0 Å². The zero-order chi connectivity index (χ0) is 14.8. The van der Waals surface area contributed by atoms with Crippen molar-refractivity contribution in [3.8, 4) is 5.75 Å². The molecule has 0 radical (unpaired) electrons. The fourth-order valence-corrected chi connectivity index (χ4v) is 3.60. The number of sulfone groups is 1. The van der Waals surface area contributed by atoms with E-state index in [-0.39, 0.29) is 23.1 Å². The first kappa shape index (κ1) is 14.8. The largest absolute Gasteiger partial charge is 0.497 e. The van der Waals surface area contributed by atoms with Crippen molar-refractivity contribution in [3.05, 3.63) is 29.6 Å². The van der Waals surface area contributed by atoms with Crippen molar-refractivity contribution in [1.29, 1.82) is 0 Å². The van der Waals surface area contributed by atoms with E-state index in [2.05, 4.69) is 5.32 Å². The van der Waals surface area contributed by atoms with Gasteiger partial charge >= 0.3 is 0 Å². The lowest BCUT2D eigenvalue weighted by Crippen LogP contribution is -2.41. The summed E-state index contributed by atoms with van der Waals surface area (Å²) in [6.07, 6.45) is 0.734. The summed E-state index contributed by atoms with van der Waals surface area (Å²) >= 11 is 0. The molecular formula is C13H16FNO4S. The zero-order valence-corrected chi connectivity index (χ0v) is 11.9. The summed E-state index contributed by atoms with van der Waals surface area (Å²) in [5, 5.41) is 2.67. The molecule has 0 aliphatic carbocycles. The normalized spacial score (nSPS) is 18.5. The number of hydrogen-bond acceptors (Lipinski definition) is 4. The van der Waals surface area contributed by atoms with E-state index in [0.717, 1.165) is 6.07 Å². The van der Waals surface area contributed by atoms with Gasteiger partial charge in [0.2, 0.25) is 0 Å². The highest BCUT2D eigenvalue weighted by Crippen LogP contribution is 2.17. The molecule has 1 heterocycles. The van der Waals surface area contributed by atoms with Crippen LogP contribution < -0.4 is 10.1 Å². The van der Waals surface area contributed by atoms with Crippen LogP contribution in [0.1, 0.15) is 23.2 Å². The molecule has 2 rings (SSSR count). The standard InChI is InChI=1S/C13H16FNO4S/c1-19-10-2-3-11(12(14)8-10)13(16)15-9-4-6-20(17,18)7-5-9/h2-3,8-9H,4-7H2,1H3,(H,15,16). The van der Waals surface area contributed by atoms with E-state index < -0.39 is 21.6 Å². The molecule has 110 valence electrons. The number of hydrogen-bond donors (Lipinski definition) is 1. The van der Waals surface area contributed by atoms with Gasteiger partial charge in [-0.25, -0.2) is 12.8 Å². The molecule has 5 nitrogen and oxygen atoms in total. The van der Waals surface area contributed by atoms with Crippen LogP contribution in [-0.2, 0) is 9.84 Å². The van der Waals surface area contributed by atoms with Gasteiger partial charge in [0, 0.05) is 12.1 Å². The molecule has 20 heavy (non-hydrogen) atoms. The van der Waals surface area contributed by atoms with Crippen molar-refractivity contribution in [2.24, 2.45) is 0 Å². The molecule has 1 amide bonds. The summed E-state index contributed by atoms with van der Waals surface area (Å²) in [6.45, 7) is 0. The number of methoxy groups -OCH3 is 1. The molecule has 0 bridgehead atoms. The van der Waals surface area contributed by atoms with Crippen LogP contribution in [0.5, 0.6) is 5.75 Å². The average molecular weight is 301 g/mol. The number of amides is 1. The van der Waals surface area contributed by atoms with Gasteiger partial charge in [0.1, 0.15) is 21.4 Å². The SMILES string of the molecule is COc1ccc(C(=O)NC2CCS(=O)(=O)CC2)c(F)c1. The molecule has 1 aliphatic heterocycles. The van der Waals surface area contributed by atoms with E-state index in [1.54, 1.807) is 0 Å². The maximum absolute atomic E-state index is 13.7. The van der Waals surface area contributed by atoms with Crippen LogP contribution in [0.15, 0.2) is 18.2 Å². The number of benzene rings is 1. The fourth-order valence-electron chi connectivity index (χ4n) is 2.10. The number of carbonyl (C=O) groups is 1. The molecule has 7 heteroatoms. The highest BCUT2D eigenvalue weighted by molar-refractivity contribution is 7.91. The second kappa shape index (κ2) is 5.78. The van der Waals surface area contributed by atoms with Crippen LogP contribution in [0.25, 0.3) is 0 Å². The summed E-state index contributed by atoms with van der Waals surface area (Å²) < 4.78 is 41.2. The van der Waals surface area contributed by atoms with Gasteiger partial charge in [0.05, 0.1) is 24.2 Å². The Morgan fingerprint density at radius 3 is 2.55 bits per heavy atom. The van der Waals surface area contributed by atoms with Crippen molar-refractivity contribution >= 4 is 15.7 Å². The fraction of sp³-hybridized carbons (Fsp3) is 0.462. The molecule has 1 fully saturated rings. The number of carbonyl (C=O) groups excluding carboxylic acids is 1. The third kappa shape index (κ3) is 3.47. The number of ether oxygens (including phenoxy) is 1. The van der Waals surface area contributed by atoms with Crippen molar-refractivity contribution in [1.82, 2.24) is 5.32 Å². The van der Waals surface area contributed by atoms with Crippen LogP contribution in [-0.4, -0.2) is 39.0 Å². The lowest BCUT2D eigenvalue weighted by atomic mass is 10.1. The first-order valence-electron chi connectivity index (χ1n) is 6.26. The molecule has 0 aromatic heterocycles. The summed E-state index contributed by atoms with van der Waals surface area (Å²) in [7, 11) is -1.56. The Balaban J connectivity index is 2.02. The minimum absolute atomic E-state index is 0.0586. The third-order valence-electron chi connectivity index (χ3n) is 3.31. The number of rotatable bonds is 3. The van der Waals surface area contributed by atoms with Gasteiger partial charge in [0.25, 0.3) is 5.91 Å². The molecule has 0 spiro atoms. The number of nitrogens with one attached hydrogen (secondary N) is 1. The van der Waals surface area contributed by atoms with Crippen LogP contribution in [0, 0.1) is 5.82 Å². The van der Waals surface area contributed by atoms with Gasteiger partial charge in [-0.1, -0.05) is 0 Å². The Labute approximate surface area is 117 Å². The lowest BCUT2D eigenvalue weighted by molar-refractivity contribution is 0.0930. The smallest absolute Gasteiger partial charge is 0.254 e. The van der Waals surface area contributed by atoms with Crippen LogP contribution in [0.3, 0.4) is 0 Å². The Kier molecular flexibility index (Phi) is 4.27. The van der Waals surface area contributed by atoms with Crippen LogP contribution in [0.4, 0.5) is 4.39 Å². The van der Waals surface area contributed by atoms with Gasteiger partial charge in [0.15, 0.2) is 0 Å². The van der Waals surface area contributed by atoms with Crippen LogP contribution >= 0.6 is 0 Å². The molecule has 0 atom stereocenters. The molecule has 0 saturated carbocycles. The molecule has 1 aliphatic rings. The van der Waals surface area contributed by atoms with E-state index >= 15 is 0 Å². The predicted molar refractivity (Wildman–Crippen MR) is 72.1 cm³/mol. The van der Waals surface area contributed by atoms with Gasteiger partial charge < -0.3 is 10.1 Å². The van der Waals surface area contributed by atoms with Gasteiger partial charge in [-0.05, 0) is 25.0 Å². The maximum Gasteiger partial charge on any atom is 0.254 e. The second-order valence-corrected chi connectivity index (χ2v) is 7.05. The van der Waals surface area contributed by atoms with Crippen molar-refractivity contribution in [3.63, 3.8) is 0 Å². The highest BCUT2D eigenvalue weighted by atomic mass is 32.2. The lowest BCUT2D eigenvalue weighted by Gasteiger charge is -2.23. The molecule has 1 N–H and O–H groups in total. The minimum Gasteiger partial charge on any atom is -0.497 e. The Morgan fingerprint density at radius 1 is 1.35 bits per heavy atom. The highest BCUT2D eigenvalue weighted by Gasteiger charge is 2.25. The number of halogens is 1. The second-order valence-electron chi connectivity index (χ2n) is 4.75. The third-order valence-corrected chi connectivity index (χ3v) is 5.03. The molecule has 1 aromatic rings. The summed E-state index contributed by atoms with van der Waals surface area (Å²) in [6, 6.07) is 3.76. The van der Waals surface area contributed by atoms with Crippen molar-refractivity contribution in [2.45, 2.75) is 18.9 Å². The Hall–Kier alpha value is -1.63. The molecular weight excluding hydrogens is 285 g/mol. The van der Waals surface area contributed by atoms with E-state index in [1.165, 1.54) is 19.2 Å². The van der Waals surface area contributed by atoms with E-state index in [0.29, 0.717) is 18.6 Å². The van der Waals surface area contributed by atoms with Gasteiger partial charge in [-0.15, -0.1) is 0 Å². The van der Waals surface area contributed by atoms with Gasteiger partial charge in [-0.3, -0.25) is 4.79 Å². The predicted octanol–water partition coefficient (Wildman–Crippen LogP) is 1.14. The zero-order valence-electron chi connectivity index (χ0n) is 11.1. The van der Waals surface area contributed by atoms with Crippen molar-refractivity contribution in [2.75, 3.05) is 18.6 Å². The summed E-state index contributed by atoms with van der Waals surface area (Å²) in [4.78, 5) is 12.0. The molecule has 0 unspecified atom stereocenters. The monoisotopic (exact) mass is 301 g/mol. The van der Waals surface area contributed by atoms with E-state index in [4.69, 9.17) is 4.74 Å². The molecule has 1 saturated heterocycles. The minimum atomic E-state index is -2.98. The average Bonchev–Trinajstić information content (AvgIpc) is 2.40. The molecule has 1 aromatic carbocycles.